The van der Waals surface area contributed by atoms with E-state index in [2.05, 4.69) is 10.4 Å². The van der Waals surface area contributed by atoms with Gasteiger partial charge < -0.3 is 5.32 Å². The lowest BCUT2D eigenvalue weighted by atomic mass is 10.4. The fourth-order valence-electron chi connectivity index (χ4n) is 0.780. The normalized spacial score (nSPS) is 10.9. The van der Waals surface area contributed by atoms with Crippen molar-refractivity contribution in [3.8, 4) is 0 Å². The summed E-state index contributed by atoms with van der Waals surface area (Å²) in [6.45, 7) is -1.98. The Morgan fingerprint density at radius 2 is 2.45 bits per heavy atom. The minimum Gasteiger partial charge on any atom is -0.316 e. The molecule has 0 radical (unpaired) electrons. The zero-order chi connectivity index (χ0) is 8.27. The van der Waals surface area contributed by atoms with Gasteiger partial charge in [-0.25, -0.2) is 4.68 Å². The maximum absolute atomic E-state index is 11.9. The Bertz CT molecular complexity index is 221. The van der Waals surface area contributed by atoms with Crippen molar-refractivity contribution in [2.75, 3.05) is 7.05 Å². The maximum Gasteiger partial charge on any atom is 0.333 e. The smallest absolute Gasteiger partial charge is 0.316 e. The molecule has 11 heavy (non-hydrogen) atoms. The second-order valence-corrected chi connectivity index (χ2v) is 2.14. The number of aromatic nitrogens is 2. The van der Waals surface area contributed by atoms with Crippen LogP contribution in [0, 0.1) is 0 Å². The minimum absolute atomic E-state index is 0.562. The van der Waals surface area contributed by atoms with E-state index in [1.54, 1.807) is 7.05 Å². The molecule has 1 aromatic rings. The molecule has 0 saturated carbocycles. The Balaban J connectivity index is 2.66. The van der Waals surface area contributed by atoms with E-state index in [0.29, 0.717) is 11.2 Å². The van der Waals surface area contributed by atoms with Gasteiger partial charge in [-0.2, -0.15) is 13.9 Å². The molecule has 0 amide bonds. The van der Waals surface area contributed by atoms with Crippen LogP contribution in [0.5, 0.6) is 0 Å². The molecule has 0 unspecified atom stereocenters. The summed E-state index contributed by atoms with van der Waals surface area (Å²) >= 11 is 0. The van der Waals surface area contributed by atoms with Crippen molar-refractivity contribution >= 4 is 0 Å². The Morgan fingerprint density at radius 3 is 2.91 bits per heavy atom. The Morgan fingerprint density at radius 1 is 1.73 bits per heavy atom. The first-order chi connectivity index (χ1) is 5.24. The Labute approximate surface area is 63.0 Å². The molecule has 0 aromatic carbocycles. The second kappa shape index (κ2) is 3.43. The average Bonchev–Trinajstić information content (AvgIpc) is 2.37. The fraction of sp³-hybridized carbons (Fsp3) is 0.500. The Hall–Kier alpha value is -0.970. The minimum atomic E-state index is -2.54. The predicted octanol–water partition coefficient (Wildman–Crippen LogP) is 0.998. The van der Waals surface area contributed by atoms with Crippen LogP contribution in [0.3, 0.4) is 0 Å². The standard InChI is InChI=1S/C6H9F2N3/c1-9-2-5-3-10-11(4-5)6(7)8/h3-4,6,9H,2H2,1H3. The van der Waals surface area contributed by atoms with Gasteiger partial charge in [0, 0.05) is 18.3 Å². The van der Waals surface area contributed by atoms with Crippen LogP contribution in [0.1, 0.15) is 12.1 Å². The highest BCUT2D eigenvalue weighted by Gasteiger charge is 2.05. The molecule has 0 aliphatic rings. The van der Waals surface area contributed by atoms with E-state index in [4.69, 9.17) is 0 Å². The van der Waals surface area contributed by atoms with Crippen LogP contribution in [0.25, 0.3) is 0 Å². The number of nitrogens with zero attached hydrogens (tertiary/aromatic N) is 2. The maximum atomic E-state index is 11.9. The first-order valence-corrected chi connectivity index (χ1v) is 3.20. The van der Waals surface area contributed by atoms with Crippen LogP contribution in [0.2, 0.25) is 0 Å². The molecule has 1 rings (SSSR count). The first-order valence-electron chi connectivity index (χ1n) is 3.20. The number of rotatable bonds is 3. The summed E-state index contributed by atoms with van der Waals surface area (Å²) in [5.74, 6) is 0. The van der Waals surface area contributed by atoms with E-state index in [1.807, 2.05) is 0 Å². The van der Waals surface area contributed by atoms with Gasteiger partial charge in [0.05, 0.1) is 6.20 Å². The van der Waals surface area contributed by atoms with Crippen molar-refractivity contribution in [2.24, 2.45) is 0 Å². The van der Waals surface area contributed by atoms with E-state index >= 15 is 0 Å². The third kappa shape index (κ3) is 1.98. The van der Waals surface area contributed by atoms with Crippen LogP contribution in [0.4, 0.5) is 8.78 Å². The molecule has 0 fully saturated rings. The van der Waals surface area contributed by atoms with Gasteiger partial charge in [0.25, 0.3) is 0 Å². The summed E-state index contributed by atoms with van der Waals surface area (Å²) in [5.41, 5.74) is 0.757. The van der Waals surface area contributed by atoms with E-state index < -0.39 is 6.55 Å². The summed E-state index contributed by atoms with van der Waals surface area (Å²) < 4.78 is 24.4. The van der Waals surface area contributed by atoms with Gasteiger partial charge in [0.2, 0.25) is 0 Å². The summed E-state index contributed by atoms with van der Waals surface area (Å²) in [6, 6.07) is 0. The van der Waals surface area contributed by atoms with Crippen LogP contribution < -0.4 is 5.32 Å². The van der Waals surface area contributed by atoms with E-state index in [1.165, 1.54) is 12.4 Å². The highest BCUT2D eigenvalue weighted by molar-refractivity contribution is 5.02. The molecule has 0 aliphatic heterocycles. The van der Waals surface area contributed by atoms with Crippen molar-refractivity contribution in [3.63, 3.8) is 0 Å². The lowest BCUT2D eigenvalue weighted by Crippen LogP contribution is -2.04. The summed E-state index contributed by atoms with van der Waals surface area (Å²) in [5, 5.41) is 6.30. The van der Waals surface area contributed by atoms with Crippen LogP contribution in [-0.2, 0) is 6.54 Å². The molecule has 0 bridgehead atoms. The van der Waals surface area contributed by atoms with Crippen LogP contribution >= 0.6 is 0 Å². The molecule has 3 nitrogen and oxygen atoms in total. The largest absolute Gasteiger partial charge is 0.333 e. The van der Waals surface area contributed by atoms with Crippen molar-refractivity contribution < 1.29 is 8.78 Å². The van der Waals surface area contributed by atoms with Crippen LogP contribution in [0.15, 0.2) is 12.4 Å². The van der Waals surface area contributed by atoms with Gasteiger partial charge in [0.1, 0.15) is 0 Å². The average molecular weight is 161 g/mol. The molecule has 1 heterocycles. The van der Waals surface area contributed by atoms with Crippen molar-refractivity contribution in [1.29, 1.82) is 0 Å². The van der Waals surface area contributed by atoms with Gasteiger partial charge in [0.15, 0.2) is 0 Å². The molecule has 0 saturated heterocycles. The number of hydrogen-bond acceptors (Lipinski definition) is 2. The highest BCUT2D eigenvalue weighted by atomic mass is 19.3. The van der Waals surface area contributed by atoms with Crippen LogP contribution in [-0.4, -0.2) is 16.8 Å². The van der Waals surface area contributed by atoms with E-state index in [0.717, 1.165) is 5.56 Å². The third-order valence-electron chi connectivity index (χ3n) is 1.24. The molecular weight excluding hydrogens is 152 g/mol. The first kappa shape index (κ1) is 8.13. The molecule has 0 atom stereocenters. The number of nitrogens with one attached hydrogen (secondary N) is 1. The Kier molecular flexibility index (Phi) is 2.53. The molecule has 1 aromatic heterocycles. The highest BCUT2D eigenvalue weighted by Crippen LogP contribution is 2.08. The predicted molar refractivity (Wildman–Crippen MR) is 36.2 cm³/mol. The monoisotopic (exact) mass is 161 g/mol. The van der Waals surface area contributed by atoms with E-state index in [9.17, 15) is 8.78 Å². The van der Waals surface area contributed by atoms with Gasteiger partial charge in [-0.1, -0.05) is 0 Å². The van der Waals surface area contributed by atoms with Gasteiger partial charge in [-0.05, 0) is 7.05 Å². The summed E-state index contributed by atoms with van der Waals surface area (Å²) in [6.07, 6.45) is 2.74. The third-order valence-corrected chi connectivity index (χ3v) is 1.24. The lowest BCUT2D eigenvalue weighted by Gasteiger charge is -1.95. The zero-order valence-electron chi connectivity index (χ0n) is 6.09. The number of alkyl halides is 2. The van der Waals surface area contributed by atoms with Gasteiger partial charge in [-0.3, -0.25) is 0 Å². The molecular formula is C6H9F2N3. The molecule has 0 spiro atoms. The van der Waals surface area contributed by atoms with Gasteiger partial charge in [-0.15, -0.1) is 0 Å². The summed E-state index contributed by atoms with van der Waals surface area (Å²) in [7, 11) is 1.75. The molecule has 1 N–H and O–H groups in total. The fourth-order valence-corrected chi connectivity index (χ4v) is 0.780. The zero-order valence-corrected chi connectivity index (χ0v) is 6.09. The quantitative estimate of drug-likeness (QED) is 0.716. The summed E-state index contributed by atoms with van der Waals surface area (Å²) in [4.78, 5) is 0. The number of hydrogen-bond donors (Lipinski definition) is 1. The molecule has 5 heteroatoms. The molecule has 62 valence electrons. The van der Waals surface area contributed by atoms with E-state index in [-0.39, 0.29) is 0 Å². The lowest BCUT2D eigenvalue weighted by molar-refractivity contribution is 0.0565. The van der Waals surface area contributed by atoms with Crippen molar-refractivity contribution in [2.45, 2.75) is 13.1 Å². The SMILES string of the molecule is CNCc1cnn(C(F)F)c1. The topological polar surface area (TPSA) is 29.9 Å². The molecule has 0 aliphatic carbocycles. The number of halogens is 2. The van der Waals surface area contributed by atoms with Crippen molar-refractivity contribution in [3.05, 3.63) is 18.0 Å². The van der Waals surface area contributed by atoms with Gasteiger partial charge >= 0.3 is 6.55 Å². The second-order valence-electron chi connectivity index (χ2n) is 2.14. The van der Waals surface area contributed by atoms with Crippen molar-refractivity contribution in [1.82, 2.24) is 15.1 Å².